The van der Waals surface area contributed by atoms with Gasteiger partial charge in [0.25, 0.3) is 0 Å². The van der Waals surface area contributed by atoms with Crippen molar-refractivity contribution in [3.63, 3.8) is 0 Å². The summed E-state index contributed by atoms with van der Waals surface area (Å²) < 4.78 is 1.87. The van der Waals surface area contributed by atoms with Gasteiger partial charge in [0.2, 0.25) is 0 Å². The monoisotopic (exact) mass is 196 g/mol. The van der Waals surface area contributed by atoms with Gasteiger partial charge < -0.3 is 5.32 Å². The van der Waals surface area contributed by atoms with Gasteiger partial charge in [0.15, 0.2) is 5.82 Å². The van der Waals surface area contributed by atoms with E-state index in [-0.39, 0.29) is 5.54 Å². The molecule has 0 bridgehead atoms. The molecule has 1 aromatic rings. The molecular formula is C10H20N4. The van der Waals surface area contributed by atoms with Gasteiger partial charge in [0.05, 0.1) is 6.54 Å². The molecule has 4 heteroatoms. The Hall–Kier alpha value is -0.900. The maximum Gasteiger partial charge on any atom is 0.164 e. The molecule has 0 radical (unpaired) electrons. The molecular weight excluding hydrogens is 176 g/mol. The van der Waals surface area contributed by atoms with Gasteiger partial charge in [0.1, 0.15) is 6.33 Å². The summed E-state index contributed by atoms with van der Waals surface area (Å²) in [6.07, 6.45) is 1.78. The van der Waals surface area contributed by atoms with Crippen molar-refractivity contribution < 1.29 is 0 Å². The normalized spacial score (nSPS) is 12.4. The van der Waals surface area contributed by atoms with E-state index in [9.17, 15) is 0 Å². The van der Waals surface area contributed by atoms with Crippen LogP contribution in [-0.2, 0) is 6.54 Å². The fourth-order valence-electron chi connectivity index (χ4n) is 0.985. The molecule has 0 spiro atoms. The van der Waals surface area contributed by atoms with Crippen LogP contribution in [0.1, 0.15) is 46.5 Å². The van der Waals surface area contributed by atoms with E-state index in [0.717, 1.165) is 12.4 Å². The van der Waals surface area contributed by atoms with E-state index in [4.69, 9.17) is 0 Å². The number of hydrogen-bond acceptors (Lipinski definition) is 3. The largest absolute Gasteiger partial charge is 0.305 e. The Morgan fingerprint density at radius 3 is 2.50 bits per heavy atom. The number of rotatable bonds is 3. The van der Waals surface area contributed by atoms with Crippen molar-refractivity contribution in [2.45, 2.75) is 52.7 Å². The molecule has 1 rings (SSSR count). The van der Waals surface area contributed by atoms with Crippen LogP contribution in [0.15, 0.2) is 6.33 Å². The van der Waals surface area contributed by atoms with Gasteiger partial charge >= 0.3 is 0 Å². The number of nitrogens with zero attached hydrogens (tertiary/aromatic N) is 3. The lowest BCUT2D eigenvalue weighted by molar-refractivity contribution is 0.415. The third-order valence-electron chi connectivity index (χ3n) is 1.86. The molecule has 0 fully saturated rings. The molecule has 0 aliphatic carbocycles. The first kappa shape index (κ1) is 11.2. The van der Waals surface area contributed by atoms with Gasteiger partial charge in [-0.3, -0.25) is 4.68 Å². The topological polar surface area (TPSA) is 42.7 Å². The molecule has 1 heterocycles. The molecule has 80 valence electrons. The Bertz CT molecular complexity index is 283. The fourth-order valence-corrected chi connectivity index (χ4v) is 0.985. The van der Waals surface area contributed by atoms with E-state index in [0.29, 0.717) is 6.04 Å². The third-order valence-corrected chi connectivity index (χ3v) is 1.86. The first-order valence-electron chi connectivity index (χ1n) is 5.03. The van der Waals surface area contributed by atoms with Crippen molar-refractivity contribution in [2.24, 2.45) is 0 Å². The summed E-state index contributed by atoms with van der Waals surface area (Å²) in [5.74, 6) is 0.855. The molecule has 1 aromatic heterocycles. The van der Waals surface area contributed by atoms with Gasteiger partial charge in [-0.05, 0) is 34.6 Å². The highest BCUT2D eigenvalue weighted by molar-refractivity contribution is 4.84. The second-order valence-corrected chi connectivity index (χ2v) is 4.84. The number of aromatic nitrogens is 3. The van der Waals surface area contributed by atoms with Crippen LogP contribution in [-0.4, -0.2) is 20.3 Å². The average Bonchev–Trinajstić information content (AvgIpc) is 2.47. The van der Waals surface area contributed by atoms with Gasteiger partial charge in [-0.2, -0.15) is 5.10 Å². The zero-order valence-corrected chi connectivity index (χ0v) is 9.70. The third kappa shape index (κ3) is 3.46. The maximum atomic E-state index is 4.36. The van der Waals surface area contributed by atoms with Gasteiger partial charge in [-0.25, -0.2) is 4.98 Å². The Kier molecular flexibility index (Phi) is 3.26. The molecule has 0 amide bonds. The van der Waals surface area contributed by atoms with Gasteiger partial charge in [-0.1, -0.05) is 0 Å². The Labute approximate surface area is 85.7 Å². The van der Waals surface area contributed by atoms with E-state index in [1.165, 1.54) is 0 Å². The molecule has 1 N–H and O–H groups in total. The highest BCUT2D eigenvalue weighted by Gasteiger charge is 2.10. The van der Waals surface area contributed by atoms with Crippen LogP contribution in [0.25, 0.3) is 0 Å². The van der Waals surface area contributed by atoms with E-state index in [1.54, 1.807) is 6.33 Å². The number of nitrogens with one attached hydrogen (secondary N) is 1. The lowest BCUT2D eigenvalue weighted by Gasteiger charge is -2.19. The molecule has 0 unspecified atom stereocenters. The Balaban J connectivity index is 2.52. The van der Waals surface area contributed by atoms with E-state index in [1.807, 2.05) is 4.68 Å². The van der Waals surface area contributed by atoms with Crippen LogP contribution in [0.4, 0.5) is 0 Å². The van der Waals surface area contributed by atoms with Gasteiger partial charge in [0, 0.05) is 11.6 Å². The van der Waals surface area contributed by atoms with Crippen LogP contribution in [0, 0.1) is 0 Å². The summed E-state index contributed by atoms with van der Waals surface area (Å²) in [6, 6.07) is 0.380. The van der Waals surface area contributed by atoms with Crippen LogP contribution < -0.4 is 5.32 Å². The second-order valence-electron chi connectivity index (χ2n) is 4.84. The van der Waals surface area contributed by atoms with Crippen molar-refractivity contribution >= 4 is 0 Å². The lowest BCUT2D eigenvalue weighted by Crippen LogP contribution is -2.35. The minimum atomic E-state index is 0.114. The molecule has 0 saturated heterocycles. The van der Waals surface area contributed by atoms with Gasteiger partial charge in [-0.15, -0.1) is 0 Å². The van der Waals surface area contributed by atoms with Crippen LogP contribution in [0.3, 0.4) is 0 Å². The van der Waals surface area contributed by atoms with Crippen LogP contribution in [0.2, 0.25) is 0 Å². The Morgan fingerprint density at radius 1 is 1.43 bits per heavy atom. The summed E-state index contributed by atoms with van der Waals surface area (Å²) in [5, 5.41) is 7.71. The van der Waals surface area contributed by atoms with Crippen molar-refractivity contribution in [2.75, 3.05) is 0 Å². The highest BCUT2D eigenvalue weighted by atomic mass is 15.3. The van der Waals surface area contributed by atoms with Crippen molar-refractivity contribution in [3.8, 4) is 0 Å². The summed E-state index contributed by atoms with van der Waals surface area (Å²) in [4.78, 5) is 4.23. The first-order valence-corrected chi connectivity index (χ1v) is 5.03. The summed E-state index contributed by atoms with van der Waals surface area (Å²) in [5.41, 5.74) is 0.114. The minimum absolute atomic E-state index is 0.114. The predicted octanol–water partition coefficient (Wildman–Crippen LogP) is 1.75. The van der Waals surface area contributed by atoms with Crippen LogP contribution in [0.5, 0.6) is 0 Å². The smallest absolute Gasteiger partial charge is 0.164 e. The van der Waals surface area contributed by atoms with E-state index >= 15 is 0 Å². The zero-order valence-electron chi connectivity index (χ0n) is 9.70. The predicted molar refractivity (Wildman–Crippen MR) is 57.0 cm³/mol. The fraction of sp³-hybridized carbons (Fsp3) is 0.800. The summed E-state index contributed by atoms with van der Waals surface area (Å²) >= 11 is 0. The summed E-state index contributed by atoms with van der Waals surface area (Å²) in [6.45, 7) is 11.3. The van der Waals surface area contributed by atoms with Crippen molar-refractivity contribution in [3.05, 3.63) is 12.2 Å². The molecule has 4 nitrogen and oxygen atoms in total. The zero-order chi connectivity index (χ0) is 10.8. The Morgan fingerprint density at radius 2 is 2.07 bits per heavy atom. The molecule has 0 atom stereocenters. The molecule has 0 aliphatic heterocycles. The molecule has 0 saturated carbocycles. The first-order chi connectivity index (χ1) is 6.38. The van der Waals surface area contributed by atoms with Crippen LogP contribution >= 0.6 is 0 Å². The van der Waals surface area contributed by atoms with E-state index < -0.39 is 0 Å². The second kappa shape index (κ2) is 4.09. The SMILES string of the molecule is CC(C)n1cnc(CNC(C)(C)C)n1. The quantitative estimate of drug-likeness (QED) is 0.801. The van der Waals surface area contributed by atoms with Crippen molar-refractivity contribution in [1.29, 1.82) is 0 Å². The highest BCUT2D eigenvalue weighted by Crippen LogP contribution is 2.03. The molecule has 0 aromatic carbocycles. The summed E-state index contributed by atoms with van der Waals surface area (Å²) in [7, 11) is 0. The minimum Gasteiger partial charge on any atom is -0.305 e. The van der Waals surface area contributed by atoms with E-state index in [2.05, 4.69) is 50.0 Å². The number of hydrogen-bond donors (Lipinski definition) is 1. The lowest BCUT2D eigenvalue weighted by atomic mass is 10.1. The standard InChI is InChI=1S/C10H20N4/c1-8(2)14-7-11-9(13-14)6-12-10(3,4)5/h7-8,12H,6H2,1-5H3. The molecule has 0 aliphatic rings. The molecule has 14 heavy (non-hydrogen) atoms. The maximum absolute atomic E-state index is 4.36. The average molecular weight is 196 g/mol. The van der Waals surface area contributed by atoms with Crippen molar-refractivity contribution in [1.82, 2.24) is 20.1 Å².